The van der Waals surface area contributed by atoms with Crippen LogP contribution in [-0.2, 0) is 16.1 Å². The third-order valence-corrected chi connectivity index (χ3v) is 5.41. The number of piperidine rings is 1. The molecule has 3 aromatic rings. The normalized spacial score (nSPS) is 15.0. The van der Waals surface area contributed by atoms with Crippen molar-refractivity contribution >= 4 is 40.1 Å². The van der Waals surface area contributed by atoms with Gasteiger partial charge in [0.05, 0.1) is 0 Å². The number of rotatable bonds is 4. The van der Waals surface area contributed by atoms with E-state index in [1.54, 1.807) is 12.3 Å². The van der Waals surface area contributed by atoms with E-state index in [-0.39, 0.29) is 24.3 Å². The molecule has 0 unspecified atom stereocenters. The lowest BCUT2D eigenvalue weighted by Gasteiger charge is -2.31. The third kappa shape index (κ3) is 4.02. The Balaban J connectivity index is 1.33. The quantitative estimate of drug-likeness (QED) is 0.733. The molecule has 0 aliphatic carbocycles. The number of nitrogens with one attached hydrogen (secondary N) is 1. The summed E-state index contributed by atoms with van der Waals surface area (Å²) in [5.74, 6) is 0.485. The van der Waals surface area contributed by atoms with Crippen LogP contribution in [0, 0.1) is 5.92 Å². The number of pyridine rings is 1. The van der Waals surface area contributed by atoms with Crippen molar-refractivity contribution in [2.45, 2.75) is 19.4 Å². The molecule has 0 spiro atoms. The average Bonchev–Trinajstić information content (AvgIpc) is 3.10. The lowest BCUT2D eigenvalue weighted by Crippen LogP contribution is -2.42. The number of amides is 2. The maximum Gasteiger partial charge on any atom is 0.242 e. The molecule has 1 aliphatic rings. The van der Waals surface area contributed by atoms with Crippen LogP contribution in [0.1, 0.15) is 12.8 Å². The van der Waals surface area contributed by atoms with Gasteiger partial charge in [0.1, 0.15) is 12.4 Å². The molecule has 2 aromatic heterocycles. The first-order chi connectivity index (χ1) is 13.6. The molecular formula is C21H21ClN4O2. The number of likely N-dealkylation sites (tertiary alicyclic amines) is 1. The average molecular weight is 397 g/mol. The van der Waals surface area contributed by atoms with Gasteiger partial charge in [-0.05, 0) is 48.6 Å². The molecule has 28 heavy (non-hydrogen) atoms. The van der Waals surface area contributed by atoms with E-state index in [0.29, 0.717) is 36.8 Å². The summed E-state index contributed by atoms with van der Waals surface area (Å²) in [5.41, 5.74) is 0.950. The second-order valence-corrected chi connectivity index (χ2v) is 7.44. The van der Waals surface area contributed by atoms with E-state index in [2.05, 4.69) is 10.3 Å². The van der Waals surface area contributed by atoms with Crippen molar-refractivity contribution < 1.29 is 9.59 Å². The van der Waals surface area contributed by atoms with Crippen LogP contribution in [0.2, 0.25) is 5.02 Å². The van der Waals surface area contributed by atoms with Gasteiger partial charge in [-0.3, -0.25) is 9.59 Å². The summed E-state index contributed by atoms with van der Waals surface area (Å²) >= 11 is 6.09. The first-order valence-corrected chi connectivity index (χ1v) is 9.72. The van der Waals surface area contributed by atoms with Crippen LogP contribution in [0.4, 0.5) is 5.82 Å². The summed E-state index contributed by atoms with van der Waals surface area (Å²) in [5, 5.41) is 4.56. The Bertz CT molecular complexity index is 994. The fraction of sp³-hybridized carbons (Fsp3) is 0.286. The highest BCUT2D eigenvalue weighted by molar-refractivity contribution is 6.31. The first-order valence-electron chi connectivity index (χ1n) is 9.34. The zero-order valence-electron chi connectivity index (χ0n) is 15.3. The Morgan fingerprint density at radius 2 is 1.96 bits per heavy atom. The Labute approximate surface area is 168 Å². The lowest BCUT2D eigenvalue weighted by molar-refractivity contribution is -0.135. The summed E-state index contributed by atoms with van der Waals surface area (Å²) in [7, 11) is 0. The molecule has 0 atom stereocenters. The van der Waals surface area contributed by atoms with Crippen molar-refractivity contribution in [3.63, 3.8) is 0 Å². The molecule has 1 saturated heterocycles. The van der Waals surface area contributed by atoms with E-state index in [9.17, 15) is 9.59 Å². The van der Waals surface area contributed by atoms with Crippen molar-refractivity contribution in [1.82, 2.24) is 14.5 Å². The van der Waals surface area contributed by atoms with Crippen LogP contribution < -0.4 is 5.32 Å². The minimum Gasteiger partial charge on any atom is -0.341 e. The van der Waals surface area contributed by atoms with Crippen LogP contribution in [0.15, 0.2) is 54.9 Å². The number of hydrogen-bond acceptors (Lipinski definition) is 3. The van der Waals surface area contributed by atoms with E-state index >= 15 is 0 Å². The number of aromatic nitrogens is 2. The van der Waals surface area contributed by atoms with Crippen LogP contribution in [0.3, 0.4) is 0 Å². The molecule has 1 aromatic carbocycles. The number of carbonyl (C=O) groups is 2. The third-order valence-electron chi connectivity index (χ3n) is 5.18. The number of fused-ring (bicyclic) bond motifs is 1. The van der Waals surface area contributed by atoms with Crippen LogP contribution in [0.25, 0.3) is 10.9 Å². The fourth-order valence-electron chi connectivity index (χ4n) is 3.60. The second-order valence-electron chi connectivity index (χ2n) is 7.01. The number of nitrogens with zero attached hydrogens (tertiary/aromatic N) is 3. The maximum absolute atomic E-state index is 12.7. The van der Waals surface area contributed by atoms with E-state index in [1.165, 1.54) is 0 Å². The van der Waals surface area contributed by atoms with Crippen LogP contribution in [0.5, 0.6) is 0 Å². The fourth-order valence-corrected chi connectivity index (χ4v) is 3.76. The van der Waals surface area contributed by atoms with Crippen molar-refractivity contribution in [2.24, 2.45) is 5.92 Å². The monoisotopic (exact) mass is 396 g/mol. The Morgan fingerprint density at radius 3 is 2.71 bits per heavy atom. The van der Waals surface area contributed by atoms with Crippen LogP contribution >= 0.6 is 11.6 Å². The Hall–Kier alpha value is -2.86. The number of halogens is 1. The number of anilines is 1. The molecule has 7 heteroatoms. The van der Waals surface area contributed by atoms with Crippen LogP contribution in [-0.4, -0.2) is 39.4 Å². The summed E-state index contributed by atoms with van der Waals surface area (Å²) in [4.78, 5) is 31.1. The molecule has 0 saturated carbocycles. The molecule has 1 N–H and O–H groups in total. The minimum absolute atomic E-state index is 0.0307. The molecule has 1 aliphatic heterocycles. The van der Waals surface area contributed by atoms with Gasteiger partial charge in [-0.25, -0.2) is 4.98 Å². The van der Waals surface area contributed by atoms with E-state index in [4.69, 9.17) is 11.6 Å². The highest BCUT2D eigenvalue weighted by Gasteiger charge is 2.27. The maximum atomic E-state index is 12.7. The molecule has 144 valence electrons. The zero-order valence-corrected chi connectivity index (χ0v) is 16.1. The van der Waals surface area contributed by atoms with Gasteiger partial charge in [0, 0.05) is 41.9 Å². The molecule has 6 nitrogen and oxygen atoms in total. The lowest BCUT2D eigenvalue weighted by atomic mass is 9.96. The largest absolute Gasteiger partial charge is 0.341 e. The predicted molar refractivity (Wildman–Crippen MR) is 109 cm³/mol. The van der Waals surface area contributed by atoms with Crippen molar-refractivity contribution in [3.8, 4) is 0 Å². The van der Waals surface area contributed by atoms with E-state index in [0.717, 1.165) is 10.9 Å². The van der Waals surface area contributed by atoms with Crippen molar-refractivity contribution in [2.75, 3.05) is 18.4 Å². The molecule has 0 bridgehead atoms. The molecule has 4 rings (SSSR count). The summed E-state index contributed by atoms with van der Waals surface area (Å²) < 4.78 is 1.92. The minimum atomic E-state index is -0.0997. The summed E-state index contributed by atoms with van der Waals surface area (Å²) in [6.45, 7) is 1.44. The second kappa shape index (κ2) is 8.02. The molecule has 2 amide bonds. The molecule has 0 radical (unpaired) electrons. The standard InChI is InChI=1S/C21H21ClN4O2/c22-17-5-4-15-6-12-26(18(15)13-17)14-20(27)25-10-7-16(8-11-25)21(28)24-19-3-1-2-9-23-19/h1-6,9,12-13,16H,7-8,10-11,14H2,(H,23,24,28). The van der Waals surface area contributed by atoms with E-state index < -0.39 is 0 Å². The number of benzene rings is 1. The number of carbonyl (C=O) groups excluding carboxylic acids is 2. The Kier molecular flexibility index (Phi) is 5.30. The topological polar surface area (TPSA) is 67.2 Å². The smallest absolute Gasteiger partial charge is 0.242 e. The highest BCUT2D eigenvalue weighted by atomic mass is 35.5. The number of hydrogen-bond donors (Lipinski definition) is 1. The van der Waals surface area contributed by atoms with Crippen molar-refractivity contribution in [3.05, 3.63) is 59.9 Å². The highest BCUT2D eigenvalue weighted by Crippen LogP contribution is 2.22. The SMILES string of the molecule is O=C(Nc1ccccn1)C1CCN(C(=O)Cn2ccc3ccc(Cl)cc32)CC1. The van der Waals surface area contributed by atoms with Gasteiger partial charge in [-0.1, -0.05) is 23.7 Å². The van der Waals surface area contributed by atoms with Gasteiger partial charge in [0.2, 0.25) is 11.8 Å². The van der Waals surface area contributed by atoms with Gasteiger partial charge < -0.3 is 14.8 Å². The van der Waals surface area contributed by atoms with Gasteiger partial charge in [-0.2, -0.15) is 0 Å². The summed E-state index contributed by atoms with van der Waals surface area (Å²) in [6, 6.07) is 13.1. The molecular weight excluding hydrogens is 376 g/mol. The predicted octanol–water partition coefficient (Wildman–Crippen LogP) is 3.57. The molecule has 1 fully saturated rings. The molecule has 3 heterocycles. The van der Waals surface area contributed by atoms with Gasteiger partial charge in [-0.15, -0.1) is 0 Å². The Morgan fingerprint density at radius 1 is 1.14 bits per heavy atom. The van der Waals surface area contributed by atoms with Gasteiger partial charge in [0.25, 0.3) is 0 Å². The van der Waals surface area contributed by atoms with Gasteiger partial charge >= 0.3 is 0 Å². The van der Waals surface area contributed by atoms with E-state index in [1.807, 2.05) is 52.1 Å². The first kappa shape index (κ1) is 18.5. The van der Waals surface area contributed by atoms with Gasteiger partial charge in [0.15, 0.2) is 0 Å². The van der Waals surface area contributed by atoms with Crippen molar-refractivity contribution in [1.29, 1.82) is 0 Å². The zero-order chi connectivity index (χ0) is 19.5. The summed E-state index contributed by atoms with van der Waals surface area (Å²) in [6.07, 6.45) is 4.87.